The Morgan fingerprint density at radius 2 is 1.91 bits per heavy atom. The average molecular weight is 448 g/mol. The zero-order chi connectivity index (χ0) is 23.4. The summed E-state index contributed by atoms with van der Waals surface area (Å²) in [5.41, 5.74) is 4.11. The summed E-state index contributed by atoms with van der Waals surface area (Å²) in [6.45, 7) is 8.01. The second-order valence-electron chi connectivity index (χ2n) is 9.39. The molecule has 0 radical (unpaired) electrons. The minimum Gasteiger partial charge on any atom is -0.466 e. The van der Waals surface area contributed by atoms with Gasteiger partial charge in [-0.2, -0.15) is 0 Å². The summed E-state index contributed by atoms with van der Waals surface area (Å²) in [4.78, 5) is 31.8. The van der Waals surface area contributed by atoms with E-state index in [0.717, 1.165) is 18.6 Å². The number of carbonyl (C=O) groups is 2. The van der Waals surface area contributed by atoms with E-state index in [1.54, 1.807) is 0 Å². The monoisotopic (exact) mass is 447 g/mol. The fourth-order valence-corrected chi connectivity index (χ4v) is 4.68. The van der Waals surface area contributed by atoms with Gasteiger partial charge in [-0.15, -0.1) is 0 Å². The standard InChI is InChI=1S/C27H33N3O3/c1-4-33-26(32)27(2,3)15-8-13-24(31)29-17-14-21-22-12-9-16-28-25(22)30(23(21)19-29)18-20-10-6-5-7-11-20/h5-7,9-12,16H,4,8,13-15,17-19H2,1-3H3. The van der Waals surface area contributed by atoms with Crippen LogP contribution in [0.25, 0.3) is 11.0 Å². The zero-order valence-corrected chi connectivity index (χ0v) is 19.8. The van der Waals surface area contributed by atoms with Crippen LogP contribution in [0.4, 0.5) is 0 Å². The molecule has 0 aliphatic carbocycles. The van der Waals surface area contributed by atoms with Gasteiger partial charge in [0.2, 0.25) is 5.91 Å². The Morgan fingerprint density at radius 1 is 1.12 bits per heavy atom. The van der Waals surface area contributed by atoms with Crippen LogP contribution in [0.15, 0.2) is 48.7 Å². The van der Waals surface area contributed by atoms with Crippen LogP contribution in [-0.4, -0.2) is 39.5 Å². The molecule has 0 fully saturated rings. The number of carbonyl (C=O) groups excluding carboxylic acids is 2. The molecule has 6 heteroatoms. The normalized spacial score (nSPS) is 13.7. The van der Waals surface area contributed by atoms with Gasteiger partial charge in [-0.25, -0.2) is 4.98 Å². The van der Waals surface area contributed by atoms with Crippen molar-refractivity contribution in [2.45, 2.75) is 59.5 Å². The number of aromatic nitrogens is 2. The van der Waals surface area contributed by atoms with Crippen LogP contribution in [0.2, 0.25) is 0 Å². The molecule has 2 aromatic heterocycles. The van der Waals surface area contributed by atoms with Crippen molar-refractivity contribution >= 4 is 22.9 Å². The lowest BCUT2D eigenvalue weighted by Gasteiger charge is -2.29. The van der Waals surface area contributed by atoms with E-state index in [2.05, 4.69) is 39.9 Å². The van der Waals surface area contributed by atoms with Crippen molar-refractivity contribution in [1.29, 1.82) is 0 Å². The zero-order valence-electron chi connectivity index (χ0n) is 19.8. The van der Waals surface area contributed by atoms with E-state index in [4.69, 9.17) is 4.74 Å². The summed E-state index contributed by atoms with van der Waals surface area (Å²) >= 11 is 0. The third-order valence-electron chi connectivity index (χ3n) is 6.57. The molecule has 0 saturated heterocycles. The smallest absolute Gasteiger partial charge is 0.311 e. The van der Waals surface area contributed by atoms with E-state index in [9.17, 15) is 9.59 Å². The number of amides is 1. The summed E-state index contributed by atoms with van der Waals surface area (Å²) in [5, 5.41) is 1.19. The van der Waals surface area contributed by atoms with Crippen LogP contribution in [0.1, 0.15) is 56.9 Å². The predicted molar refractivity (Wildman–Crippen MR) is 129 cm³/mol. The molecule has 1 aliphatic rings. The summed E-state index contributed by atoms with van der Waals surface area (Å²) in [6.07, 6.45) is 4.41. The van der Waals surface area contributed by atoms with E-state index in [1.165, 1.54) is 22.2 Å². The van der Waals surface area contributed by atoms with Crippen molar-refractivity contribution in [3.8, 4) is 0 Å². The van der Waals surface area contributed by atoms with Crippen molar-refractivity contribution in [2.24, 2.45) is 5.41 Å². The lowest BCUT2D eigenvalue weighted by atomic mass is 9.87. The van der Waals surface area contributed by atoms with Crippen LogP contribution in [0.5, 0.6) is 0 Å². The van der Waals surface area contributed by atoms with Crippen molar-refractivity contribution in [1.82, 2.24) is 14.5 Å². The Hall–Kier alpha value is -3.15. The topological polar surface area (TPSA) is 64.4 Å². The molecule has 0 bridgehead atoms. The Balaban J connectivity index is 1.48. The van der Waals surface area contributed by atoms with E-state index in [1.807, 2.05) is 44.0 Å². The number of hydrogen-bond acceptors (Lipinski definition) is 4. The highest BCUT2D eigenvalue weighted by Crippen LogP contribution is 2.31. The summed E-state index contributed by atoms with van der Waals surface area (Å²) in [7, 11) is 0. The molecule has 0 N–H and O–H groups in total. The first kappa shape index (κ1) is 23.0. The highest BCUT2D eigenvalue weighted by Gasteiger charge is 2.30. The van der Waals surface area contributed by atoms with Gasteiger partial charge in [-0.05, 0) is 63.3 Å². The first-order chi connectivity index (χ1) is 15.9. The number of esters is 1. The quantitative estimate of drug-likeness (QED) is 0.469. The SMILES string of the molecule is CCOC(=O)C(C)(C)CCCC(=O)N1CCc2c(n(Cc3ccccc3)c3ncccc23)C1. The maximum atomic E-state index is 13.1. The lowest BCUT2D eigenvalue weighted by molar-refractivity contribution is -0.154. The fourth-order valence-electron chi connectivity index (χ4n) is 4.68. The number of ether oxygens (including phenoxy) is 1. The highest BCUT2D eigenvalue weighted by atomic mass is 16.5. The van der Waals surface area contributed by atoms with Gasteiger partial charge in [0, 0.05) is 36.8 Å². The van der Waals surface area contributed by atoms with Crippen LogP contribution in [-0.2, 0) is 33.8 Å². The molecule has 1 aromatic carbocycles. The molecule has 1 amide bonds. The number of fused-ring (bicyclic) bond motifs is 3. The van der Waals surface area contributed by atoms with Gasteiger partial charge in [-0.1, -0.05) is 30.3 Å². The first-order valence-corrected chi connectivity index (χ1v) is 11.8. The second kappa shape index (κ2) is 9.77. The Morgan fingerprint density at radius 3 is 2.67 bits per heavy atom. The van der Waals surface area contributed by atoms with Crippen molar-refractivity contribution < 1.29 is 14.3 Å². The first-order valence-electron chi connectivity index (χ1n) is 11.8. The predicted octanol–water partition coefficient (Wildman–Crippen LogP) is 4.73. The molecule has 1 aliphatic heterocycles. The van der Waals surface area contributed by atoms with E-state index < -0.39 is 5.41 Å². The number of benzene rings is 1. The number of nitrogens with zero attached hydrogens (tertiary/aromatic N) is 3. The molecule has 174 valence electrons. The Labute approximate surface area is 195 Å². The average Bonchev–Trinajstić information content (AvgIpc) is 3.13. The van der Waals surface area contributed by atoms with E-state index >= 15 is 0 Å². The van der Waals surface area contributed by atoms with Gasteiger partial charge in [0.25, 0.3) is 0 Å². The Bertz CT molecular complexity index is 1130. The number of pyridine rings is 1. The van der Waals surface area contributed by atoms with Gasteiger partial charge < -0.3 is 14.2 Å². The second-order valence-corrected chi connectivity index (χ2v) is 9.39. The molecule has 3 aromatic rings. The molecule has 0 atom stereocenters. The summed E-state index contributed by atoms with van der Waals surface area (Å²) in [5.74, 6) is -0.0530. The van der Waals surface area contributed by atoms with Gasteiger partial charge in [0.1, 0.15) is 5.65 Å². The van der Waals surface area contributed by atoms with Gasteiger partial charge in [0.15, 0.2) is 0 Å². The summed E-state index contributed by atoms with van der Waals surface area (Å²) in [6, 6.07) is 14.5. The number of rotatable bonds is 8. The third-order valence-corrected chi connectivity index (χ3v) is 6.57. The maximum Gasteiger partial charge on any atom is 0.311 e. The number of hydrogen-bond donors (Lipinski definition) is 0. The minimum absolute atomic E-state index is 0.143. The molecule has 0 saturated carbocycles. The van der Waals surface area contributed by atoms with Crippen molar-refractivity contribution in [2.75, 3.05) is 13.2 Å². The van der Waals surface area contributed by atoms with Crippen LogP contribution < -0.4 is 0 Å². The van der Waals surface area contributed by atoms with Crippen LogP contribution in [0, 0.1) is 5.41 Å². The molecule has 6 nitrogen and oxygen atoms in total. The third kappa shape index (κ3) is 4.95. The van der Waals surface area contributed by atoms with Crippen molar-refractivity contribution in [3.05, 3.63) is 65.5 Å². The molecular weight excluding hydrogens is 414 g/mol. The van der Waals surface area contributed by atoms with E-state index in [0.29, 0.717) is 39.0 Å². The molecular formula is C27H33N3O3. The van der Waals surface area contributed by atoms with Gasteiger partial charge >= 0.3 is 5.97 Å². The lowest BCUT2D eigenvalue weighted by Crippen LogP contribution is -2.37. The van der Waals surface area contributed by atoms with Crippen LogP contribution in [0.3, 0.4) is 0 Å². The molecule has 0 unspecified atom stereocenters. The molecule has 4 rings (SSSR count). The Kier molecular flexibility index (Phi) is 6.82. The summed E-state index contributed by atoms with van der Waals surface area (Å²) < 4.78 is 7.43. The highest BCUT2D eigenvalue weighted by molar-refractivity contribution is 5.84. The van der Waals surface area contributed by atoms with Gasteiger partial charge in [0.05, 0.1) is 18.6 Å². The molecule has 0 spiro atoms. The largest absolute Gasteiger partial charge is 0.466 e. The van der Waals surface area contributed by atoms with Crippen LogP contribution >= 0.6 is 0 Å². The van der Waals surface area contributed by atoms with E-state index in [-0.39, 0.29) is 11.9 Å². The van der Waals surface area contributed by atoms with Crippen molar-refractivity contribution in [3.63, 3.8) is 0 Å². The molecule has 33 heavy (non-hydrogen) atoms. The maximum absolute atomic E-state index is 13.1. The molecule has 3 heterocycles. The fraction of sp³-hybridized carbons (Fsp3) is 0.444. The van der Waals surface area contributed by atoms with Gasteiger partial charge in [-0.3, -0.25) is 9.59 Å². The minimum atomic E-state index is -0.570.